The van der Waals surface area contributed by atoms with Crippen molar-refractivity contribution in [3.05, 3.63) is 42.1 Å². The molecule has 1 aromatic carbocycles. The Bertz CT molecular complexity index is 895. The Morgan fingerprint density at radius 3 is 2.54 bits per heavy atom. The van der Waals surface area contributed by atoms with Gasteiger partial charge in [0.05, 0.1) is 7.11 Å². The summed E-state index contributed by atoms with van der Waals surface area (Å²) in [5, 5.41) is 12.2. The van der Waals surface area contributed by atoms with E-state index in [1.807, 2.05) is 0 Å². The van der Waals surface area contributed by atoms with Gasteiger partial charge in [0, 0.05) is 24.8 Å². The molecule has 0 saturated heterocycles. The molecule has 1 heterocycles. The topological polar surface area (TPSA) is 109 Å². The number of ether oxygens (including phenoxy) is 1. The minimum absolute atomic E-state index is 0.0125. The number of pyridine rings is 1. The lowest BCUT2D eigenvalue weighted by Crippen LogP contribution is -2.31. The average Bonchev–Trinajstić information content (AvgIpc) is 2.63. The van der Waals surface area contributed by atoms with Gasteiger partial charge in [-0.25, -0.2) is 13.4 Å². The maximum atomic E-state index is 12.8. The van der Waals surface area contributed by atoms with Crippen LogP contribution in [0, 0.1) is 0 Å². The first kappa shape index (κ1) is 19.7. The Labute approximate surface area is 152 Å². The SMILES string of the molecule is CCN(CC)S(=O)(=O)c1cc(C(=O)Nc2ncccc2O)ccc1OC. The van der Waals surface area contributed by atoms with E-state index in [1.165, 1.54) is 47.9 Å². The number of carbonyl (C=O) groups is 1. The van der Waals surface area contributed by atoms with Gasteiger partial charge in [-0.2, -0.15) is 4.31 Å². The lowest BCUT2D eigenvalue weighted by atomic mass is 10.2. The van der Waals surface area contributed by atoms with Crippen LogP contribution in [0.1, 0.15) is 24.2 Å². The number of hydrogen-bond donors (Lipinski definition) is 2. The fourth-order valence-corrected chi connectivity index (χ4v) is 4.03. The highest BCUT2D eigenvalue weighted by atomic mass is 32.2. The van der Waals surface area contributed by atoms with Gasteiger partial charge in [0.25, 0.3) is 5.91 Å². The molecule has 26 heavy (non-hydrogen) atoms. The maximum absolute atomic E-state index is 12.8. The first-order valence-electron chi connectivity index (χ1n) is 7.98. The Hall–Kier alpha value is -2.65. The van der Waals surface area contributed by atoms with Crippen molar-refractivity contribution < 1.29 is 23.1 Å². The van der Waals surface area contributed by atoms with Gasteiger partial charge in [-0.05, 0) is 30.3 Å². The molecule has 2 rings (SSSR count). The van der Waals surface area contributed by atoms with E-state index < -0.39 is 15.9 Å². The monoisotopic (exact) mass is 379 g/mol. The highest BCUT2D eigenvalue weighted by Crippen LogP contribution is 2.28. The highest BCUT2D eigenvalue weighted by Gasteiger charge is 2.27. The lowest BCUT2D eigenvalue weighted by Gasteiger charge is -2.20. The van der Waals surface area contributed by atoms with E-state index in [1.54, 1.807) is 13.8 Å². The molecule has 8 nitrogen and oxygen atoms in total. The number of nitrogens with zero attached hydrogens (tertiary/aromatic N) is 2. The average molecular weight is 379 g/mol. The number of sulfonamides is 1. The minimum Gasteiger partial charge on any atom is -0.504 e. The molecular weight excluding hydrogens is 358 g/mol. The van der Waals surface area contributed by atoms with Crippen molar-refractivity contribution in [1.29, 1.82) is 0 Å². The van der Waals surface area contributed by atoms with Crippen molar-refractivity contribution in [3.63, 3.8) is 0 Å². The van der Waals surface area contributed by atoms with E-state index in [0.29, 0.717) is 13.1 Å². The quantitative estimate of drug-likeness (QED) is 0.762. The summed E-state index contributed by atoms with van der Waals surface area (Å²) in [6.45, 7) is 4.04. The van der Waals surface area contributed by atoms with Crippen LogP contribution in [0.15, 0.2) is 41.4 Å². The molecule has 1 aromatic heterocycles. The molecular formula is C17H21N3O5S. The van der Waals surface area contributed by atoms with E-state index in [4.69, 9.17) is 4.74 Å². The Morgan fingerprint density at radius 2 is 1.96 bits per heavy atom. The minimum atomic E-state index is -3.82. The normalized spacial score (nSPS) is 11.4. The first-order valence-corrected chi connectivity index (χ1v) is 9.42. The van der Waals surface area contributed by atoms with Crippen molar-refractivity contribution >= 4 is 21.7 Å². The van der Waals surface area contributed by atoms with E-state index >= 15 is 0 Å². The summed E-state index contributed by atoms with van der Waals surface area (Å²) in [6, 6.07) is 7.01. The summed E-state index contributed by atoms with van der Waals surface area (Å²) in [4.78, 5) is 16.2. The van der Waals surface area contributed by atoms with Crippen molar-refractivity contribution in [3.8, 4) is 11.5 Å². The van der Waals surface area contributed by atoms with Crippen molar-refractivity contribution in [2.24, 2.45) is 0 Å². The number of amides is 1. The van der Waals surface area contributed by atoms with Crippen LogP contribution in [-0.4, -0.2) is 48.9 Å². The number of aromatic nitrogens is 1. The van der Waals surface area contributed by atoms with E-state index in [9.17, 15) is 18.3 Å². The summed E-state index contributed by atoms with van der Waals surface area (Å²) in [5.41, 5.74) is 0.0987. The number of methoxy groups -OCH3 is 1. The Morgan fingerprint density at radius 1 is 1.27 bits per heavy atom. The third-order valence-electron chi connectivity index (χ3n) is 3.77. The van der Waals surface area contributed by atoms with Crippen LogP contribution in [-0.2, 0) is 10.0 Å². The molecule has 2 aromatic rings. The van der Waals surface area contributed by atoms with Crippen molar-refractivity contribution in [2.45, 2.75) is 18.7 Å². The van der Waals surface area contributed by atoms with Gasteiger partial charge in [0.15, 0.2) is 11.6 Å². The van der Waals surface area contributed by atoms with Crippen molar-refractivity contribution in [1.82, 2.24) is 9.29 Å². The smallest absolute Gasteiger partial charge is 0.256 e. The fraction of sp³-hybridized carbons (Fsp3) is 0.294. The van der Waals surface area contributed by atoms with Crippen LogP contribution in [0.3, 0.4) is 0 Å². The van der Waals surface area contributed by atoms with E-state index in [2.05, 4.69) is 10.3 Å². The second kappa shape index (κ2) is 8.15. The van der Waals surface area contributed by atoms with Crippen LogP contribution < -0.4 is 10.1 Å². The zero-order chi connectivity index (χ0) is 19.3. The van der Waals surface area contributed by atoms with Gasteiger partial charge < -0.3 is 15.2 Å². The number of rotatable bonds is 7. The summed E-state index contributed by atoms with van der Waals surface area (Å²) in [5.74, 6) is -0.654. The molecule has 0 unspecified atom stereocenters. The number of anilines is 1. The molecule has 2 N–H and O–H groups in total. The first-order chi connectivity index (χ1) is 12.3. The summed E-state index contributed by atoms with van der Waals surface area (Å²) in [6.07, 6.45) is 1.42. The van der Waals surface area contributed by atoms with Crippen LogP contribution in [0.5, 0.6) is 11.5 Å². The van der Waals surface area contributed by atoms with Gasteiger partial charge in [0.2, 0.25) is 10.0 Å². The standard InChI is InChI=1S/C17H21N3O5S/c1-4-20(5-2)26(23,24)15-11-12(8-9-14(15)25-3)17(22)19-16-13(21)7-6-10-18-16/h6-11,21H,4-5H2,1-3H3,(H,18,19,22). The summed E-state index contributed by atoms with van der Waals surface area (Å²) >= 11 is 0. The van der Waals surface area contributed by atoms with Gasteiger partial charge in [-0.1, -0.05) is 13.8 Å². The fourth-order valence-electron chi connectivity index (χ4n) is 2.39. The van der Waals surface area contributed by atoms with E-state index in [0.717, 1.165) is 0 Å². The van der Waals surface area contributed by atoms with Gasteiger partial charge >= 0.3 is 0 Å². The second-order valence-corrected chi connectivity index (χ2v) is 7.19. The predicted octanol–water partition coefficient (Wildman–Crippen LogP) is 2.08. The maximum Gasteiger partial charge on any atom is 0.256 e. The van der Waals surface area contributed by atoms with Crippen LogP contribution in [0.4, 0.5) is 5.82 Å². The predicted molar refractivity (Wildman–Crippen MR) is 97.0 cm³/mol. The van der Waals surface area contributed by atoms with Crippen LogP contribution in [0.2, 0.25) is 0 Å². The summed E-state index contributed by atoms with van der Waals surface area (Å²) in [7, 11) is -2.45. The molecule has 0 radical (unpaired) electrons. The molecule has 0 aliphatic rings. The number of hydrogen-bond acceptors (Lipinski definition) is 6. The largest absolute Gasteiger partial charge is 0.504 e. The van der Waals surface area contributed by atoms with Crippen LogP contribution >= 0.6 is 0 Å². The third kappa shape index (κ3) is 3.94. The number of carbonyl (C=O) groups excluding carboxylic acids is 1. The number of benzene rings is 1. The molecule has 9 heteroatoms. The zero-order valence-corrected chi connectivity index (χ0v) is 15.6. The molecule has 140 valence electrons. The molecule has 0 fully saturated rings. The second-order valence-electron chi connectivity index (χ2n) is 5.28. The van der Waals surface area contributed by atoms with Gasteiger partial charge in [0.1, 0.15) is 10.6 Å². The molecule has 0 saturated carbocycles. The third-order valence-corrected chi connectivity index (χ3v) is 5.84. The van der Waals surface area contributed by atoms with Gasteiger partial charge in [-0.15, -0.1) is 0 Å². The molecule has 0 aliphatic heterocycles. The Kier molecular flexibility index (Phi) is 6.17. The van der Waals surface area contributed by atoms with Gasteiger partial charge in [-0.3, -0.25) is 4.79 Å². The highest BCUT2D eigenvalue weighted by molar-refractivity contribution is 7.89. The summed E-state index contributed by atoms with van der Waals surface area (Å²) < 4.78 is 32.1. The Balaban J connectivity index is 2.43. The molecule has 1 amide bonds. The number of aromatic hydroxyl groups is 1. The molecule has 0 bridgehead atoms. The molecule has 0 spiro atoms. The van der Waals surface area contributed by atoms with E-state index in [-0.39, 0.29) is 27.8 Å². The molecule has 0 atom stereocenters. The molecule has 0 aliphatic carbocycles. The number of nitrogens with one attached hydrogen (secondary N) is 1. The van der Waals surface area contributed by atoms with Crippen molar-refractivity contribution in [2.75, 3.05) is 25.5 Å². The lowest BCUT2D eigenvalue weighted by molar-refractivity contribution is 0.102. The van der Waals surface area contributed by atoms with Crippen LogP contribution in [0.25, 0.3) is 0 Å². The zero-order valence-electron chi connectivity index (χ0n) is 14.8.